The van der Waals surface area contributed by atoms with Crippen molar-refractivity contribution in [3.8, 4) is 0 Å². The topological polar surface area (TPSA) is 32.3 Å². The molecule has 0 aliphatic rings. The summed E-state index contributed by atoms with van der Waals surface area (Å²) in [6, 6.07) is 0. The largest absolute Gasteiger partial charge is 0.396 e. The quantitative estimate of drug-likeness (QED) is 0.484. The molecule has 0 aliphatic carbocycles. The summed E-state index contributed by atoms with van der Waals surface area (Å²) in [5, 5.41) is 11.9. The summed E-state index contributed by atoms with van der Waals surface area (Å²) >= 11 is 0. The molecule has 54 valence electrons. The van der Waals surface area contributed by atoms with Gasteiger partial charge in [-0.2, -0.15) is 0 Å². The maximum absolute atomic E-state index is 8.64. The van der Waals surface area contributed by atoms with Crippen molar-refractivity contribution >= 4 is 7.85 Å². The molecule has 0 saturated heterocycles. The molecule has 0 amide bonds. The van der Waals surface area contributed by atoms with Crippen LogP contribution in [0.15, 0.2) is 0 Å². The second kappa shape index (κ2) is 3.23. The zero-order valence-corrected chi connectivity index (χ0v) is 6.73. The molecule has 2 nitrogen and oxygen atoms in total. The van der Waals surface area contributed by atoms with Crippen LogP contribution in [-0.2, 0) is 0 Å². The molecule has 1 atom stereocenters. The van der Waals surface area contributed by atoms with Gasteiger partial charge in [-0.3, -0.25) is 0 Å². The van der Waals surface area contributed by atoms with Crippen LogP contribution in [0.2, 0.25) is 0 Å². The molecule has 0 spiro atoms. The van der Waals surface area contributed by atoms with E-state index in [9.17, 15) is 0 Å². The minimum atomic E-state index is 0.113. The van der Waals surface area contributed by atoms with E-state index in [0.29, 0.717) is 0 Å². The Bertz CT molecular complexity index is 79.6. The highest BCUT2D eigenvalue weighted by atomic mass is 16.3. The normalized spacial score (nSPS) is 15.6. The zero-order chi connectivity index (χ0) is 7.49. The van der Waals surface area contributed by atoms with Crippen molar-refractivity contribution < 1.29 is 5.11 Å². The molecule has 0 aliphatic heterocycles. The van der Waals surface area contributed by atoms with Gasteiger partial charge in [-0.05, 0) is 26.7 Å². The first-order chi connectivity index (χ1) is 3.95. The second-order valence-electron chi connectivity index (χ2n) is 3.48. The van der Waals surface area contributed by atoms with E-state index in [-0.39, 0.29) is 18.1 Å². The van der Waals surface area contributed by atoms with Gasteiger partial charge in [0.2, 0.25) is 0 Å². The average Bonchev–Trinajstić information content (AvgIpc) is 1.62. The molecule has 0 aromatic carbocycles. The molecular weight excluding hydrogens is 113 g/mol. The second-order valence-corrected chi connectivity index (χ2v) is 3.48. The van der Waals surface area contributed by atoms with Crippen molar-refractivity contribution in [2.24, 2.45) is 0 Å². The van der Waals surface area contributed by atoms with Crippen LogP contribution < -0.4 is 5.32 Å². The molecule has 0 aromatic rings. The highest BCUT2D eigenvalue weighted by Gasteiger charge is 2.11. The van der Waals surface area contributed by atoms with Gasteiger partial charge < -0.3 is 10.4 Å². The van der Waals surface area contributed by atoms with Crippen LogP contribution in [0, 0.1) is 0 Å². The van der Waals surface area contributed by atoms with Gasteiger partial charge in [0.25, 0.3) is 0 Å². The lowest BCUT2D eigenvalue weighted by molar-refractivity contribution is 0.254. The summed E-state index contributed by atoms with van der Waals surface area (Å²) in [4.78, 5) is 0. The third-order valence-electron chi connectivity index (χ3n) is 0.953. The van der Waals surface area contributed by atoms with E-state index in [1.165, 1.54) is 0 Å². The van der Waals surface area contributed by atoms with Crippen molar-refractivity contribution in [1.29, 1.82) is 0 Å². The Morgan fingerprint density at radius 2 is 2.00 bits per heavy atom. The van der Waals surface area contributed by atoms with Crippen molar-refractivity contribution in [2.45, 2.75) is 32.3 Å². The summed E-state index contributed by atoms with van der Waals surface area (Å²) in [7, 11) is 1.96. The van der Waals surface area contributed by atoms with Gasteiger partial charge in [-0.15, -0.1) is 0 Å². The summed E-state index contributed by atoms with van der Waals surface area (Å²) in [6.07, 6.45) is 0. The maximum atomic E-state index is 8.64. The molecule has 0 radical (unpaired) electrons. The van der Waals surface area contributed by atoms with Crippen LogP contribution in [0.5, 0.6) is 0 Å². The van der Waals surface area contributed by atoms with Crippen molar-refractivity contribution in [3.05, 3.63) is 0 Å². The summed E-state index contributed by atoms with van der Waals surface area (Å²) in [6.45, 7) is 6.45. The molecule has 3 heteroatoms. The fourth-order valence-electron chi connectivity index (χ4n) is 0.785. The molecule has 0 aromatic heterocycles. The first kappa shape index (κ1) is 8.98. The Balaban J connectivity index is 3.47. The number of hydrogen-bond donors (Lipinski definition) is 2. The minimum Gasteiger partial charge on any atom is -0.396 e. The first-order valence-electron chi connectivity index (χ1n) is 3.34. The van der Waals surface area contributed by atoms with Crippen molar-refractivity contribution in [1.82, 2.24) is 5.32 Å². The van der Waals surface area contributed by atoms with Crippen LogP contribution in [0.3, 0.4) is 0 Å². The standard InChI is InChI=1S/C6H16BNO/c1-6(2,3)8-5(7)4-9/h5,8-9H,4,7H2,1-3H3. The minimum absolute atomic E-state index is 0.113. The lowest BCUT2D eigenvalue weighted by atomic mass is 9.94. The number of aliphatic hydroxyl groups is 1. The highest BCUT2D eigenvalue weighted by Crippen LogP contribution is 1.98. The Hall–Kier alpha value is -0.0151. The predicted octanol–water partition coefficient (Wildman–Crippen LogP) is -0.674. The van der Waals surface area contributed by atoms with Gasteiger partial charge in [0.15, 0.2) is 0 Å². The molecule has 0 fully saturated rings. The van der Waals surface area contributed by atoms with Crippen molar-refractivity contribution in [3.63, 3.8) is 0 Å². The SMILES string of the molecule is BC(CO)NC(C)(C)C. The maximum Gasteiger partial charge on any atom is 0.126 e. The van der Waals surface area contributed by atoms with Gasteiger partial charge in [-0.1, -0.05) is 0 Å². The van der Waals surface area contributed by atoms with E-state index in [4.69, 9.17) is 5.11 Å². The third kappa shape index (κ3) is 5.86. The fraction of sp³-hybridized carbons (Fsp3) is 1.00. The Morgan fingerprint density at radius 3 is 2.11 bits per heavy atom. The zero-order valence-electron chi connectivity index (χ0n) is 6.73. The predicted molar refractivity (Wildman–Crippen MR) is 42.3 cm³/mol. The van der Waals surface area contributed by atoms with E-state index >= 15 is 0 Å². The molecule has 2 N–H and O–H groups in total. The summed E-state index contributed by atoms with van der Waals surface area (Å²) in [5.41, 5.74) is 0.113. The van der Waals surface area contributed by atoms with Gasteiger partial charge in [0.05, 0.1) is 6.61 Å². The van der Waals surface area contributed by atoms with E-state index in [1.54, 1.807) is 0 Å². The van der Waals surface area contributed by atoms with Gasteiger partial charge in [0.1, 0.15) is 7.85 Å². The molecule has 0 saturated carbocycles. The Morgan fingerprint density at radius 1 is 1.56 bits per heavy atom. The fourth-order valence-corrected chi connectivity index (χ4v) is 0.785. The average molecular weight is 129 g/mol. The monoisotopic (exact) mass is 129 g/mol. The van der Waals surface area contributed by atoms with E-state index in [1.807, 2.05) is 7.85 Å². The Labute approximate surface area is 58.1 Å². The molecule has 0 heterocycles. The lowest BCUT2D eigenvalue weighted by Crippen LogP contribution is -2.45. The molecule has 0 bridgehead atoms. The van der Waals surface area contributed by atoms with E-state index in [2.05, 4.69) is 26.1 Å². The first-order valence-corrected chi connectivity index (χ1v) is 3.34. The van der Waals surface area contributed by atoms with E-state index < -0.39 is 0 Å². The number of hydrogen-bond acceptors (Lipinski definition) is 2. The Kier molecular flexibility index (Phi) is 3.22. The van der Waals surface area contributed by atoms with Gasteiger partial charge >= 0.3 is 0 Å². The molecule has 9 heavy (non-hydrogen) atoms. The van der Waals surface area contributed by atoms with Crippen LogP contribution in [-0.4, -0.2) is 31.0 Å². The number of rotatable bonds is 2. The number of aliphatic hydroxyl groups excluding tert-OH is 1. The lowest BCUT2D eigenvalue weighted by Gasteiger charge is -2.24. The van der Waals surface area contributed by atoms with Crippen molar-refractivity contribution in [2.75, 3.05) is 6.61 Å². The van der Waals surface area contributed by atoms with Gasteiger partial charge in [-0.25, -0.2) is 0 Å². The summed E-state index contributed by atoms with van der Waals surface area (Å²) in [5.74, 6) is 0.199. The van der Waals surface area contributed by atoms with Crippen LogP contribution in [0.1, 0.15) is 20.8 Å². The molecule has 1 unspecified atom stereocenters. The molecule has 0 rings (SSSR count). The third-order valence-corrected chi connectivity index (χ3v) is 0.953. The summed E-state index contributed by atoms with van der Waals surface area (Å²) < 4.78 is 0. The smallest absolute Gasteiger partial charge is 0.126 e. The highest BCUT2D eigenvalue weighted by molar-refractivity contribution is 6.11. The van der Waals surface area contributed by atoms with Crippen LogP contribution in [0.4, 0.5) is 0 Å². The van der Waals surface area contributed by atoms with Crippen LogP contribution in [0.25, 0.3) is 0 Å². The molecular formula is C6H16BNO. The number of nitrogens with one attached hydrogen (secondary N) is 1. The van der Waals surface area contributed by atoms with E-state index in [0.717, 1.165) is 0 Å². The van der Waals surface area contributed by atoms with Gasteiger partial charge in [0, 0.05) is 5.54 Å². The van der Waals surface area contributed by atoms with Crippen LogP contribution >= 0.6 is 0 Å².